The van der Waals surface area contributed by atoms with Crippen molar-refractivity contribution in [3.8, 4) is 17.0 Å². The summed E-state index contributed by atoms with van der Waals surface area (Å²) in [5, 5.41) is 7.12. The molecule has 0 radical (unpaired) electrons. The first kappa shape index (κ1) is 24.8. The molecule has 7 nitrogen and oxygen atoms in total. The molecule has 2 aliphatic heterocycles. The van der Waals surface area contributed by atoms with Crippen molar-refractivity contribution in [2.75, 3.05) is 13.1 Å². The van der Waals surface area contributed by atoms with E-state index in [-0.39, 0.29) is 5.60 Å². The normalized spacial score (nSPS) is 16.7. The van der Waals surface area contributed by atoms with E-state index in [0.717, 1.165) is 56.0 Å². The van der Waals surface area contributed by atoms with Gasteiger partial charge in [-0.05, 0) is 24.1 Å². The summed E-state index contributed by atoms with van der Waals surface area (Å²) in [6, 6.07) is 10.4. The number of rotatable bonds is 4. The third-order valence-electron chi connectivity index (χ3n) is 6.17. The number of aromatic nitrogens is 2. The van der Waals surface area contributed by atoms with Crippen LogP contribution in [-0.4, -0.2) is 44.8 Å². The lowest BCUT2D eigenvalue weighted by atomic mass is 9.83. The number of piperidine rings is 1. The van der Waals surface area contributed by atoms with E-state index < -0.39 is 12.1 Å². The molecule has 2 aromatic heterocycles. The van der Waals surface area contributed by atoms with Crippen molar-refractivity contribution in [3.05, 3.63) is 60.4 Å². The molecular weight excluding hydrogens is 463 g/mol. The van der Waals surface area contributed by atoms with Gasteiger partial charge < -0.3 is 18.8 Å². The minimum Gasteiger partial charge on any atom is -0.480 e. The van der Waals surface area contributed by atoms with Gasteiger partial charge in [0.2, 0.25) is 0 Å². The number of benzene rings is 1. The number of fused-ring (bicyclic) bond motifs is 4. The Bertz CT molecular complexity index is 1150. The number of nitrogens with zero attached hydrogens (tertiary/aromatic N) is 3. The summed E-state index contributed by atoms with van der Waals surface area (Å²) in [4.78, 5) is 16.2. The van der Waals surface area contributed by atoms with Crippen molar-refractivity contribution in [2.45, 2.75) is 51.6 Å². The molecule has 10 heteroatoms. The van der Waals surface area contributed by atoms with Gasteiger partial charge in [-0.1, -0.05) is 26.0 Å². The fraction of sp³-hybridized carbons (Fsp3) is 0.440. The van der Waals surface area contributed by atoms with E-state index in [2.05, 4.69) is 47.6 Å². The highest BCUT2D eigenvalue weighted by atomic mass is 19.4. The Morgan fingerprint density at radius 1 is 1.20 bits per heavy atom. The third kappa shape index (κ3) is 5.37. The Morgan fingerprint density at radius 3 is 2.49 bits per heavy atom. The van der Waals surface area contributed by atoms with Gasteiger partial charge in [0.05, 0.1) is 30.2 Å². The molecule has 0 aliphatic carbocycles. The molecule has 0 saturated carbocycles. The van der Waals surface area contributed by atoms with Crippen LogP contribution >= 0.6 is 0 Å². The monoisotopic (exact) mass is 491 g/mol. The number of halogens is 3. The van der Waals surface area contributed by atoms with Gasteiger partial charge >= 0.3 is 12.1 Å². The van der Waals surface area contributed by atoms with E-state index in [0.29, 0.717) is 5.92 Å². The lowest BCUT2D eigenvalue weighted by molar-refractivity contribution is -0.192. The molecule has 5 rings (SSSR count). The van der Waals surface area contributed by atoms with E-state index in [1.54, 1.807) is 6.26 Å². The number of carboxylic acid groups (broad SMARTS) is 1. The Labute approximate surface area is 201 Å². The number of imidazole rings is 1. The molecule has 3 aromatic rings. The van der Waals surface area contributed by atoms with Crippen LogP contribution in [0.4, 0.5) is 13.2 Å². The maximum absolute atomic E-state index is 10.6. The van der Waals surface area contributed by atoms with E-state index in [1.165, 1.54) is 11.3 Å². The number of alkyl halides is 3. The quantitative estimate of drug-likeness (QED) is 0.532. The van der Waals surface area contributed by atoms with Crippen LogP contribution in [-0.2, 0) is 23.5 Å². The van der Waals surface area contributed by atoms with Gasteiger partial charge in [-0.2, -0.15) is 13.2 Å². The van der Waals surface area contributed by atoms with Crippen LogP contribution in [0.3, 0.4) is 0 Å². The topological polar surface area (TPSA) is 80.7 Å². The molecule has 4 heterocycles. The summed E-state index contributed by atoms with van der Waals surface area (Å²) in [5.74, 6) is -1.23. The first-order valence-corrected chi connectivity index (χ1v) is 11.5. The summed E-state index contributed by atoms with van der Waals surface area (Å²) in [7, 11) is 0. The summed E-state index contributed by atoms with van der Waals surface area (Å²) in [6.07, 6.45) is 2.45. The number of carbonyl (C=O) groups is 1. The van der Waals surface area contributed by atoms with E-state index in [1.807, 2.05) is 18.7 Å². The first-order chi connectivity index (χ1) is 16.6. The van der Waals surface area contributed by atoms with Crippen LogP contribution in [0.1, 0.15) is 37.9 Å². The minimum atomic E-state index is -5.08. The number of furan rings is 1. The fourth-order valence-corrected chi connectivity index (χ4v) is 4.65. The van der Waals surface area contributed by atoms with Crippen molar-refractivity contribution < 1.29 is 32.2 Å². The Hall–Kier alpha value is -3.27. The number of carboxylic acids is 1. The highest BCUT2D eigenvalue weighted by Crippen LogP contribution is 2.49. The summed E-state index contributed by atoms with van der Waals surface area (Å²) in [5.41, 5.74) is 4.43. The summed E-state index contributed by atoms with van der Waals surface area (Å²) < 4.78 is 46.0. The molecule has 0 atom stereocenters. The maximum atomic E-state index is 10.6. The largest absolute Gasteiger partial charge is 0.490 e. The van der Waals surface area contributed by atoms with Gasteiger partial charge in [0.25, 0.3) is 0 Å². The third-order valence-corrected chi connectivity index (χ3v) is 6.17. The van der Waals surface area contributed by atoms with Crippen molar-refractivity contribution >= 4 is 5.97 Å². The Kier molecular flexibility index (Phi) is 6.93. The van der Waals surface area contributed by atoms with E-state index in [4.69, 9.17) is 24.0 Å². The number of para-hydroxylation sites is 1. The molecule has 1 N–H and O–H groups in total. The Morgan fingerprint density at radius 2 is 1.89 bits per heavy atom. The molecule has 188 valence electrons. The van der Waals surface area contributed by atoms with Gasteiger partial charge in [-0.3, -0.25) is 4.90 Å². The number of hydrogen-bond acceptors (Lipinski definition) is 5. The lowest BCUT2D eigenvalue weighted by Gasteiger charge is -2.44. The van der Waals surface area contributed by atoms with Crippen molar-refractivity contribution in [1.29, 1.82) is 0 Å². The summed E-state index contributed by atoms with van der Waals surface area (Å²) in [6.45, 7) is 8.41. The molecule has 0 bridgehead atoms. The van der Waals surface area contributed by atoms with Gasteiger partial charge in [0.15, 0.2) is 5.60 Å². The zero-order chi connectivity index (χ0) is 25.2. The average molecular weight is 492 g/mol. The number of ether oxygens (including phenoxy) is 1. The smallest absolute Gasteiger partial charge is 0.480 e. The molecular formula is C25H28F3N3O4. The van der Waals surface area contributed by atoms with Gasteiger partial charge in [0, 0.05) is 50.1 Å². The van der Waals surface area contributed by atoms with Crippen molar-refractivity contribution in [2.24, 2.45) is 5.92 Å². The molecule has 1 aromatic carbocycles. The predicted octanol–water partition coefficient (Wildman–Crippen LogP) is 5.32. The SMILES string of the molecule is CC(C)Cn1cnc2c1C1(CCN(Cc3ccoc3)CC1)Oc1ccccc1-2.O=C(O)C(F)(F)F. The maximum Gasteiger partial charge on any atom is 0.490 e. The zero-order valence-corrected chi connectivity index (χ0v) is 19.6. The van der Waals surface area contributed by atoms with Crippen LogP contribution < -0.4 is 4.74 Å². The summed E-state index contributed by atoms with van der Waals surface area (Å²) >= 11 is 0. The van der Waals surface area contributed by atoms with Gasteiger partial charge in [-0.15, -0.1) is 0 Å². The second-order valence-corrected chi connectivity index (χ2v) is 9.29. The van der Waals surface area contributed by atoms with Gasteiger partial charge in [-0.25, -0.2) is 9.78 Å². The van der Waals surface area contributed by atoms with Crippen LogP contribution in [0, 0.1) is 5.92 Å². The molecule has 2 aliphatic rings. The molecule has 0 amide bonds. The molecule has 1 fully saturated rings. The van der Waals surface area contributed by atoms with Crippen molar-refractivity contribution in [3.63, 3.8) is 0 Å². The van der Waals surface area contributed by atoms with Crippen LogP contribution in [0.25, 0.3) is 11.3 Å². The van der Waals surface area contributed by atoms with E-state index in [9.17, 15) is 13.2 Å². The lowest BCUT2D eigenvalue weighted by Crippen LogP contribution is -2.48. The van der Waals surface area contributed by atoms with Crippen LogP contribution in [0.2, 0.25) is 0 Å². The standard InChI is InChI=1S/C23H27N3O2.C2HF3O2/c1-17(2)13-26-16-24-21-19-5-3-4-6-20(19)28-23(22(21)26)8-10-25(11-9-23)14-18-7-12-27-15-18;3-2(4,5)1(6)7/h3-7,12,15-17H,8-11,13-14H2,1-2H3;(H,6,7). The van der Waals surface area contributed by atoms with Crippen LogP contribution in [0.15, 0.2) is 53.6 Å². The second kappa shape index (κ2) is 9.77. The number of aliphatic carboxylic acids is 1. The van der Waals surface area contributed by atoms with Gasteiger partial charge in [0.1, 0.15) is 5.75 Å². The predicted molar refractivity (Wildman–Crippen MR) is 122 cm³/mol. The van der Waals surface area contributed by atoms with Crippen LogP contribution in [0.5, 0.6) is 5.75 Å². The average Bonchev–Trinajstić information content (AvgIpc) is 3.46. The fourth-order valence-electron chi connectivity index (χ4n) is 4.65. The second-order valence-electron chi connectivity index (χ2n) is 9.29. The highest BCUT2D eigenvalue weighted by Gasteiger charge is 2.46. The zero-order valence-electron chi connectivity index (χ0n) is 19.6. The molecule has 0 unspecified atom stereocenters. The molecule has 35 heavy (non-hydrogen) atoms. The first-order valence-electron chi connectivity index (χ1n) is 11.5. The minimum absolute atomic E-state index is 0.290. The highest BCUT2D eigenvalue weighted by molar-refractivity contribution is 5.73. The van der Waals surface area contributed by atoms with E-state index >= 15 is 0 Å². The Balaban J connectivity index is 0.000000364. The molecule has 1 spiro atoms. The van der Waals surface area contributed by atoms with Crippen molar-refractivity contribution in [1.82, 2.24) is 14.5 Å². The number of likely N-dealkylation sites (tertiary alicyclic amines) is 1. The molecule has 1 saturated heterocycles. The number of hydrogen-bond donors (Lipinski definition) is 1.